The molecule has 6 unspecified atom stereocenters. The Morgan fingerprint density at radius 1 is 0.811 bits per heavy atom. The second kappa shape index (κ2) is 17.9. The molecule has 1 N–H and O–H groups in total. The van der Waals surface area contributed by atoms with Gasteiger partial charge in [-0.25, -0.2) is 0 Å². The van der Waals surface area contributed by atoms with Crippen molar-refractivity contribution >= 4 is 5.97 Å². The summed E-state index contributed by atoms with van der Waals surface area (Å²) < 4.78 is 0. The number of hydrogen-bond acceptors (Lipinski definition) is 2. The number of carboxylic acid groups (broad SMARTS) is 1. The Bertz CT molecular complexity index is 607. The van der Waals surface area contributed by atoms with Crippen LogP contribution in [0.3, 0.4) is 0 Å². The van der Waals surface area contributed by atoms with E-state index in [9.17, 15) is 9.90 Å². The van der Waals surface area contributed by atoms with Gasteiger partial charge < -0.3 is 5.11 Å². The predicted octanol–water partition coefficient (Wildman–Crippen LogP) is 10.1. The zero-order valence-corrected chi connectivity index (χ0v) is 25.7. The Balaban J connectivity index is 2.22. The highest BCUT2D eigenvalue weighted by molar-refractivity contribution is 5.72. The van der Waals surface area contributed by atoms with Crippen LogP contribution in [0.15, 0.2) is 0 Å². The lowest BCUT2D eigenvalue weighted by Crippen LogP contribution is -2.60. The third-order valence-corrected chi connectivity index (χ3v) is 10.5. The minimum atomic E-state index is -0.513. The maximum Gasteiger partial charge on any atom is 0.308 e. The number of nitrogens with zero attached hydrogens (tertiary/aromatic N) is 1. The molecule has 2 rings (SSSR count). The maximum absolute atomic E-state index is 12.9. The SMILES string of the molecule is CCCCCCCCC1CC1C(CCCCCC)C1(C(CC)CCCCCCC)C(C(=O)O)CCN1C. The lowest BCUT2D eigenvalue weighted by atomic mass is 9.61. The van der Waals surface area contributed by atoms with Crippen LogP contribution in [0.4, 0.5) is 0 Å². The van der Waals surface area contributed by atoms with Crippen molar-refractivity contribution in [3.05, 3.63) is 0 Å². The lowest BCUT2D eigenvalue weighted by molar-refractivity contribution is -0.150. The summed E-state index contributed by atoms with van der Waals surface area (Å²) in [5, 5.41) is 10.6. The van der Waals surface area contributed by atoms with Crippen molar-refractivity contribution in [3.63, 3.8) is 0 Å². The number of hydrogen-bond donors (Lipinski definition) is 1. The fourth-order valence-corrected chi connectivity index (χ4v) is 8.39. The predicted molar refractivity (Wildman–Crippen MR) is 160 cm³/mol. The fourth-order valence-electron chi connectivity index (χ4n) is 8.39. The topological polar surface area (TPSA) is 40.5 Å². The lowest BCUT2D eigenvalue weighted by Gasteiger charge is -2.52. The van der Waals surface area contributed by atoms with Gasteiger partial charge in [0.15, 0.2) is 0 Å². The van der Waals surface area contributed by atoms with Crippen LogP contribution < -0.4 is 0 Å². The van der Waals surface area contributed by atoms with E-state index in [1.165, 1.54) is 122 Å². The average Bonchev–Trinajstić information content (AvgIpc) is 3.57. The molecular weight excluding hydrogens is 454 g/mol. The molecule has 0 amide bonds. The molecule has 1 saturated heterocycles. The van der Waals surface area contributed by atoms with E-state index >= 15 is 0 Å². The molecule has 6 atom stereocenters. The number of carboxylic acids is 1. The third-order valence-electron chi connectivity index (χ3n) is 10.5. The number of unbranched alkanes of at least 4 members (excludes halogenated alkanes) is 12. The van der Waals surface area contributed by atoms with E-state index in [1.54, 1.807) is 0 Å². The van der Waals surface area contributed by atoms with Crippen LogP contribution in [-0.4, -0.2) is 35.1 Å². The van der Waals surface area contributed by atoms with E-state index < -0.39 is 5.97 Å². The Morgan fingerprint density at radius 3 is 1.95 bits per heavy atom. The highest BCUT2D eigenvalue weighted by atomic mass is 16.4. The van der Waals surface area contributed by atoms with E-state index in [4.69, 9.17) is 0 Å². The summed E-state index contributed by atoms with van der Waals surface area (Å²) in [4.78, 5) is 15.5. The van der Waals surface area contributed by atoms with Gasteiger partial charge in [-0.05, 0) is 62.9 Å². The molecule has 0 spiro atoms. The number of likely N-dealkylation sites (tertiary alicyclic amines) is 1. The Hall–Kier alpha value is -0.570. The molecule has 1 heterocycles. The highest BCUT2D eigenvalue weighted by Crippen LogP contribution is 2.60. The summed E-state index contributed by atoms with van der Waals surface area (Å²) in [7, 11) is 2.30. The first kappa shape index (κ1) is 32.6. The van der Waals surface area contributed by atoms with Gasteiger partial charge in [-0.3, -0.25) is 9.69 Å². The third kappa shape index (κ3) is 9.25. The van der Waals surface area contributed by atoms with Crippen LogP contribution in [0.1, 0.15) is 163 Å². The largest absolute Gasteiger partial charge is 0.481 e. The zero-order chi connectivity index (χ0) is 27.1. The molecule has 2 aliphatic rings. The quantitative estimate of drug-likeness (QED) is 0.136. The van der Waals surface area contributed by atoms with Gasteiger partial charge in [0.2, 0.25) is 0 Å². The number of aliphatic carboxylic acids is 1. The van der Waals surface area contributed by atoms with E-state index in [0.717, 1.165) is 31.2 Å². The number of carbonyl (C=O) groups is 1. The molecule has 3 heteroatoms. The summed E-state index contributed by atoms with van der Waals surface area (Å²) in [5.74, 6) is 1.97. The first-order valence-electron chi connectivity index (χ1n) is 16.9. The first-order valence-corrected chi connectivity index (χ1v) is 16.9. The van der Waals surface area contributed by atoms with Crippen molar-refractivity contribution in [1.29, 1.82) is 0 Å². The van der Waals surface area contributed by atoms with Gasteiger partial charge in [-0.2, -0.15) is 0 Å². The Kier molecular flexibility index (Phi) is 15.8. The van der Waals surface area contributed by atoms with Gasteiger partial charge >= 0.3 is 5.97 Å². The maximum atomic E-state index is 12.9. The fraction of sp³-hybridized carbons (Fsp3) is 0.971. The van der Waals surface area contributed by atoms with E-state index in [1.807, 2.05) is 0 Å². The van der Waals surface area contributed by atoms with Gasteiger partial charge in [-0.1, -0.05) is 137 Å². The molecule has 37 heavy (non-hydrogen) atoms. The molecule has 3 nitrogen and oxygen atoms in total. The summed E-state index contributed by atoms with van der Waals surface area (Å²) >= 11 is 0. The first-order chi connectivity index (χ1) is 18.0. The van der Waals surface area contributed by atoms with Gasteiger partial charge in [0.25, 0.3) is 0 Å². The van der Waals surface area contributed by atoms with Crippen molar-refractivity contribution in [3.8, 4) is 0 Å². The van der Waals surface area contributed by atoms with Crippen LogP contribution in [0.25, 0.3) is 0 Å². The van der Waals surface area contributed by atoms with Crippen molar-refractivity contribution in [2.45, 2.75) is 168 Å². The molecule has 1 aliphatic carbocycles. The Labute approximate surface area is 231 Å². The minimum absolute atomic E-state index is 0.141. The zero-order valence-electron chi connectivity index (χ0n) is 25.7. The van der Waals surface area contributed by atoms with Gasteiger partial charge in [0.05, 0.1) is 5.92 Å². The van der Waals surface area contributed by atoms with E-state index in [0.29, 0.717) is 11.8 Å². The normalized spacial score (nSPS) is 27.4. The molecule has 1 saturated carbocycles. The highest BCUT2D eigenvalue weighted by Gasteiger charge is 2.62. The van der Waals surface area contributed by atoms with Crippen molar-refractivity contribution in [1.82, 2.24) is 4.90 Å². The van der Waals surface area contributed by atoms with Crippen molar-refractivity contribution < 1.29 is 9.90 Å². The van der Waals surface area contributed by atoms with Gasteiger partial charge in [0.1, 0.15) is 0 Å². The van der Waals surface area contributed by atoms with Gasteiger partial charge in [-0.15, -0.1) is 0 Å². The Morgan fingerprint density at radius 2 is 1.35 bits per heavy atom. The van der Waals surface area contributed by atoms with Crippen LogP contribution in [-0.2, 0) is 4.79 Å². The summed E-state index contributed by atoms with van der Waals surface area (Å²) in [5.41, 5.74) is -0.141. The molecule has 0 aromatic heterocycles. The van der Waals surface area contributed by atoms with Crippen LogP contribution >= 0.6 is 0 Å². The average molecular weight is 520 g/mol. The van der Waals surface area contributed by atoms with Crippen molar-refractivity contribution in [2.24, 2.45) is 29.6 Å². The molecule has 218 valence electrons. The van der Waals surface area contributed by atoms with E-state index in [-0.39, 0.29) is 11.5 Å². The smallest absolute Gasteiger partial charge is 0.308 e. The molecule has 1 aliphatic heterocycles. The second-order valence-electron chi connectivity index (χ2n) is 13.0. The standard InChI is InChI=1S/C34H65NO2/c1-6-10-13-16-18-19-22-28-27-30(28)31(24-21-15-12-8-3)34(32(33(36)37)25-26-35(34)5)29(9-4)23-20-17-14-11-7-2/h28-32H,6-27H2,1-5H3,(H,36,37). The molecular formula is C34H65NO2. The molecule has 0 aromatic carbocycles. The van der Waals surface area contributed by atoms with Crippen LogP contribution in [0.2, 0.25) is 0 Å². The van der Waals surface area contributed by atoms with Crippen LogP contribution in [0.5, 0.6) is 0 Å². The molecule has 2 fully saturated rings. The van der Waals surface area contributed by atoms with Crippen LogP contribution in [0, 0.1) is 29.6 Å². The molecule has 0 bridgehead atoms. The summed E-state index contributed by atoms with van der Waals surface area (Å²) in [6.07, 6.45) is 27.2. The van der Waals surface area contributed by atoms with Gasteiger partial charge in [0, 0.05) is 5.54 Å². The molecule has 0 aromatic rings. The monoisotopic (exact) mass is 520 g/mol. The second-order valence-corrected chi connectivity index (χ2v) is 13.0. The number of rotatable bonds is 23. The van der Waals surface area contributed by atoms with E-state index in [2.05, 4.69) is 39.6 Å². The minimum Gasteiger partial charge on any atom is -0.481 e. The molecule has 0 radical (unpaired) electrons. The van der Waals surface area contributed by atoms with Crippen molar-refractivity contribution in [2.75, 3.05) is 13.6 Å². The summed E-state index contributed by atoms with van der Waals surface area (Å²) in [6, 6.07) is 0. The summed E-state index contributed by atoms with van der Waals surface area (Å²) in [6.45, 7) is 10.2.